The first-order valence-electron chi connectivity index (χ1n) is 9.99. The lowest BCUT2D eigenvalue weighted by Crippen LogP contribution is -2.33. The molecule has 2 N–H and O–H groups in total. The lowest BCUT2D eigenvalue weighted by molar-refractivity contribution is -0.119. The summed E-state index contributed by atoms with van der Waals surface area (Å²) in [6.45, 7) is 4.83. The zero-order valence-electron chi connectivity index (χ0n) is 16.3. The third-order valence-electron chi connectivity index (χ3n) is 4.18. The first-order valence-corrected chi connectivity index (χ1v) is 10.4. The van der Waals surface area contributed by atoms with E-state index in [0.29, 0.717) is 18.1 Å². The maximum absolute atomic E-state index is 11.9. The second-order valence-corrected chi connectivity index (χ2v) is 6.95. The molecule has 1 aromatic carbocycles. The summed E-state index contributed by atoms with van der Waals surface area (Å²) in [5.74, 6) is 0.801. The Morgan fingerprint density at radius 3 is 2.08 bits per heavy atom. The minimum atomic E-state index is -0.0172. The third-order valence-corrected chi connectivity index (χ3v) is 4.39. The Morgan fingerprint density at radius 1 is 0.923 bits per heavy atom. The monoisotopic (exact) mass is 378 g/mol. The first kappa shape index (κ1) is 22.4. The number of unbranched alkanes of at least 4 members (excludes halogenated alkanes) is 8. The molecule has 0 saturated carbocycles. The lowest BCUT2D eigenvalue weighted by atomic mass is 10.1. The summed E-state index contributed by atoms with van der Waals surface area (Å²) in [7, 11) is 0. The van der Waals surface area contributed by atoms with Crippen molar-refractivity contribution in [2.45, 2.75) is 78.1 Å². The highest BCUT2D eigenvalue weighted by Crippen LogP contribution is 2.15. The molecule has 4 nitrogen and oxygen atoms in total. The van der Waals surface area contributed by atoms with Gasteiger partial charge in [-0.05, 0) is 49.8 Å². The van der Waals surface area contributed by atoms with Gasteiger partial charge in [-0.3, -0.25) is 4.79 Å². The minimum Gasteiger partial charge on any atom is -0.494 e. The summed E-state index contributed by atoms with van der Waals surface area (Å²) in [4.78, 5) is 11.9. The number of hydrogen-bond acceptors (Lipinski definition) is 3. The molecule has 0 fully saturated rings. The number of benzene rings is 1. The fourth-order valence-electron chi connectivity index (χ4n) is 2.75. The van der Waals surface area contributed by atoms with Crippen molar-refractivity contribution < 1.29 is 9.53 Å². The zero-order chi connectivity index (χ0) is 19.0. The van der Waals surface area contributed by atoms with E-state index >= 15 is 0 Å². The number of anilines is 1. The highest BCUT2D eigenvalue weighted by atomic mass is 32.1. The molecule has 0 spiro atoms. The van der Waals surface area contributed by atoms with E-state index in [1.165, 1.54) is 44.9 Å². The van der Waals surface area contributed by atoms with E-state index in [0.717, 1.165) is 24.3 Å². The highest BCUT2D eigenvalue weighted by Gasteiger charge is 2.05. The number of thiocarbonyl (C=S) groups is 1. The number of amides is 1. The molecule has 1 amide bonds. The standard InChI is InChI=1S/C21H34N2O2S/c1-3-5-6-7-8-9-10-11-12-13-20(24)23-21(26)22-18-14-16-19(17-15-18)25-4-2/h14-17H,3-13H2,1-2H3,(H2,22,23,24,26). The molecule has 0 atom stereocenters. The average molecular weight is 379 g/mol. The van der Waals surface area contributed by atoms with E-state index in [4.69, 9.17) is 17.0 Å². The van der Waals surface area contributed by atoms with Crippen molar-refractivity contribution in [3.8, 4) is 5.75 Å². The summed E-state index contributed by atoms with van der Waals surface area (Å²) < 4.78 is 5.40. The van der Waals surface area contributed by atoms with Crippen LogP contribution in [0.5, 0.6) is 5.75 Å². The van der Waals surface area contributed by atoms with Crippen LogP contribution in [0, 0.1) is 0 Å². The van der Waals surface area contributed by atoms with E-state index < -0.39 is 0 Å². The van der Waals surface area contributed by atoms with Crippen molar-refractivity contribution in [1.29, 1.82) is 0 Å². The number of hydrogen-bond donors (Lipinski definition) is 2. The molecule has 0 aliphatic carbocycles. The van der Waals surface area contributed by atoms with Crippen molar-refractivity contribution in [3.05, 3.63) is 24.3 Å². The van der Waals surface area contributed by atoms with Crippen molar-refractivity contribution in [3.63, 3.8) is 0 Å². The Balaban J connectivity index is 2.08. The summed E-state index contributed by atoms with van der Waals surface area (Å²) in [5.41, 5.74) is 0.835. The van der Waals surface area contributed by atoms with Gasteiger partial charge in [0.15, 0.2) is 5.11 Å². The molecule has 0 bridgehead atoms. The van der Waals surface area contributed by atoms with Crippen LogP contribution in [0.3, 0.4) is 0 Å². The Morgan fingerprint density at radius 2 is 1.50 bits per heavy atom. The van der Waals surface area contributed by atoms with Gasteiger partial charge in [-0.2, -0.15) is 0 Å². The van der Waals surface area contributed by atoms with Gasteiger partial charge in [0, 0.05) is 12.1 Å². The molecule has 0 unspecified atom stereocenters. The van der Waals surface area contributed by atoms with Crippen LogP contribution in [0.25, 0.3) is 0 Å². The minimum absolute atomic E-state index is 0.0172. The molecule has 1 aromatic rings. The number of ether oxygens (including phenoxy) is 1. The molecule has 0 heterocycles. The summed E-state index contributed by atoms with van der Waals surface area (Å²) in [6.07, 6.45) is 11.7. The number of rotatable bonds is 13. The van der Waals surface area contributed by atoms with Gasteiger partial charge in [-0.15, -0.1) is 0 Å². The molecule has 146 valence electrons. The predicted octanol–water partition coefficient (Wildman–Crippen LogP) is 5.82. The Hall–Kier alpha value is -1.62. The van der Waals surface area contributed by atoms with E-state index in [2.05, 4.69) is 17.6 Å². The molecule has 26 heavy (non-hydrogen) atoms. The second kappa shape index (κ2) is 14.5. The molecule has 1 rings (SSSR count). The van der Waals surface area contributed by atoms with Crippen LogP contribution in [-0.4, -0.2) is 17.6 Å². The summed E-state index contributed by atoms with van der Waals surface area (Å²) in [6, 6.07) is 7.50. The Bertz CT molecular complexity index is 517. The van der Waals surface area contributed by atoms with Crippen LogP contribution in [0.4, 0.5) is 5.69 Å². The quantitative estimate of drug-likeness (QED) is 0.335. The van der Waals surface area contributed by atoms with Crippen LogP contribution >= 0.6 is 12.2 Å². The molecule has 0 radical (unpaired) electrons. The number of nitrogens with one attached hydrogen (secondary N) is 2. The fraction of sp³-hybridized carbons (Fsp3) is 0.619. The Labute approximate surface area is 164 Å². The normalized spacial score (nSPS) is 10.4. The molecule has 0 aliphatic heterocycles. The van der Waals surface area contributed by atoms with Crippen molar-refractivity contribution >= 4 is 28.9 Å². The smallest absolute Gasteiger partial charge is 0.226 e. The number of carbonyl (C=O) groups is 1. The van der Waals surface area contributed by atoms with Crippen molar-refractivity contribution in [2.24, 2.45) is 0 Å². The predicted molar refractivity (Wildman–Crippen MR) is 114 cm³/mol. The van der Waals surface area contributed by atoms with Gasteiger partial charge in [-0.25, -0.2) is 0 Å². The van der Waals surface area contributed by atoms with Crippen LogP contribution in [0.1, 0.15) is 78.1 Å². The number of carbonyl (C=O) groups excluding carboxylic acids is 1. The fourth-order valence-corrected chi connectivity index (χ4v) is 2.98. The highest BCUT2D eigenvalue weighted by molar-refractivity contribution is 7.80. The van der Waals surface area contributed by atoms with Gasteiger partial charge in [-0.1, -0.05) is 58.3 Å². The average Bonchev–Trinajstić information content (AvgIpc) is 2.62. The van der Waals surface area contributed by atoms with E-state index in [-0.39, 0.29) is 5.91 Å². The molecular formula is C21H34N2O2S. The van der Waals surface area contributed by atoms with Gasteiger partial charge in [0.25, 0.3) is 0 Å². The van der Waals surface area contributed by atoms with Gasteiger partial charge in [0.1, 0.15) is 5.75 Å². The van der Waals surface area contributed by atoms with Gasteiger partial charge in [0.2, 0.25) is 5.91 Å². The zero-order valence-corrected chi connectivity index (χ0v) is 17.1. The van der Waals surface area contributed by atoms with E-state index in [1.807, 2.05) is 31.2 Å². The molecule has 0 aromatic heterocycles. The van der Waals surface area contributed by atoms with Crippen molar-refractivity contribution in [1.82, 2.24) is 5.32 Å². The topological polar surface area (TPSA) is 50.4 Å². The second-order valence-electron chi connectivity index (χ2n) is 6.54. The first-order chi connectivity index (χ1) is 12.7. The van der Waals surface area contributed by atoms with E-state index in [9.17, 15) is 4.79 Å². The summed E-state index contributed by atoms with van der Waals surface area (Å²) >= 11 is 5.19. The lowest BCUT2D eigenvalue weighted by Gasteiger charge is -2.10. The summed E-state index contributed by atoms with van der Waals surface area (Å²) in [5, 5.41) is 6.11. The Kier molecular flexibility index (Phi) is 12.5. The van der Waals surface area contributed by atoms with Crippen LogP contribution in [0.2, 0.25) is 0 Å². The maximum atomic E-state index is 11.9. The van der Waals surface area contributed by atoms with Gasteiger partial charge in [0.05, 0.1) is 6.61 Å². The molecule has 0 saturated heterocycles. The molecule has 5 heteroatoms. The SMILES string of the molecule is CCCCCCCCCCCC(=O)NC(=S)Nc1ccc(OCC)cc1. The third kappa shape index (κ3) is 11.1. The van der Waals surface area contributed by atoms with Crippen LogP contribution < -0.4 is 15.4 Å². The van der Waals surface area contributed by atoms with Crippen molar-refractivity contribution in [2.75, 3.05) is 11.9 Å². The van der Waals surface area contributed by atoms with Crippen LogP contribution in [-0.2, 0) is 4.79 Å². The van der Waals surface area contributed by atoms with Gasteiger partial charge < -0.3 is 15.4 Å². The molecular weight excluding hydrogens is 344 g/mol. The largest absolute Gasteiger partial charge is 0.494 e. The molecule has 0 aliphatic rings. The van der Waals surface area contributed by atoms with Crippen LogP contribution in [0.15, 0.2) is 24.3 Å². The van der Waals surface area contributed by atoms with Gasteiger partial charge >= 0.3 is 0 Å². The maximum Gasteiger partial charge on any atom is 0.226 e. The van der Waals surface area contributed by atoms with E-state index in [1.54, 1.807) is 0 Å².